The van der Waals surface area contributed by atoms with Gasteiger partial charge in [0.1, 0.15) is 11.5 Å². The molecule has 1 atom stereocenters. The van der Waals surface area contributed by atoms with Crippen LogP contribution < -0.4 is 10.6 Å². The Hall–Kier alpha value is -2.52. The molecule has 0 aromatic carbocycles. The Bertz CT molecular complexity index is 1090. The Morgan fingerprint density at radius 2 is 1.89 bits per heavy atom. The lowest BCUT2D eigenvalue weighted by molar-refractivity contribution is 0.0630. The molecule has 0 radical (unpaired) electrons. The number of anilines is 1. The third-order valence-corrected chi connectivity index (χ3v) is 8.17. The van der Waals surface area contributed by atoms with Crippen molar-refractivity contribution in [2.45, 2.75) is 96.7 Å². The van der Waals surface area contributed by atoms with Gasteiger partial charge in [0, 0.05) is 36.9 Å². The molecular weight excluding hydrogens is 474 g/mol. The molecular formula is C27H39N5O3S. The van der Waals surface area contributed by atoms with Crippen LogP contribution in [0.4, 0.5) is 5.82 Å². The Morgan fingerprint density at radius 1 is 1.17 bits per heavy atom. The molecule has 196 valence electrons. The minimum Gasteiger partial charge on any atom is -0.389 e. The first-order valence-electron chi connectivity index (χ1n) is 13.2. The second-order valence-electron chi connectivity index (χ2n) is 10.9. The normalized spacial score (nSPS) is 19.2. The predicted molar refractivity (Wildman–Crippen MR) is 144 cm³/mol. The first-order valence-corrected chi connectivity index (χ1v) is 14.0. The fourth-order valence-corrected chi connectivity index (χ4v) is 6.03. The van der Waals surface area contributed by atoms with Gasteiger partial charge in [-0.1, -0.05) is 19.3 Å². The van der Waals surface area contributed by atoms with Gasteiger partial charge in [-0.3, -0.25) is 9.59 Å². The molecule has 36 heavy (non-hydrogen) atoms. The molecule has 0 unspecified atom stereocenters. The van der Waals surface area contributed by atoms with E-state index in [1.54, 1.807) is 20.0 Å². The van der Waals surface area contributed by atoms with Crippen LogP contribution in [0.1, 0.15) is 98.0 Å². The van der Waals surface area contributed by atoms with Gasteiger partial charge < -0.3 is 20.6 Å². The largest absolute Gasteiger partial charge is 0.389 e. The van der Waals surface area contributed by atoms with Gasteiger partial charge in [0.2, 0.25) is 0 Å². The van der Waals surface area contributed by atoms with E-state index in [2.05, 4.69) is 27.5 Å². The number of nitrogens with zero attached hydrogens (tertiary/aromatic N) is 3. The first kappa shape index (κ1) is 26.5. The van der Waals surface area contributed by atoms with Gasteiger partial charge in [0.05, 0.1) is 10.5 Å². The van der Waals surface area contributed by atoms with E-state index in [1.807, 2.05) is 17.9 Å². The molecule has 2 aliphatic rings. The summed E-state index contributed by atoms with van der Waals surface area (Å²) in [5, 5.41) is 16.5. The van der Waals surface area contributed by atoms with E-state index in [4.69, 9.17) is 0 Å². The number of hydrogen-bond donors (Lipinski definition) is 3. The molecule has 1 aliphatic carbocycles. The number of nitrogens with one attached hydrogen (secondary N) is 2. The lowest BCUT2D eigenvalue weighted by Gasteiger charge is -2.33. The van der Waals surface area contributed by atoms with Crippen molar-refractivity contribution >= 4 is 29.0 Å². The number of hydrogen-bond acceptors (Lipinski definition) is 7. The summed E-state index contributed by atoms with van der Waals surface area (Å²) in [7, 11) is 0. The van der Waals surface area contributed by atoms with Crippen molar-refractivity contribution in [2.24, 2.45) is 0 Å². The number of carbonyl (C=O) groups is 2. The Morgan fingerprint density at radius 3 is 2.56 bits per heavy atom. The second kappa shape index (κ2) is 11.3. The average Bonchev–Trinajstić information content (AvgIpc) is 3.28. The molecule has 0 spiro atoms. The summed E-state index contributed by atoms with van der Waals surface area (Å²) in [5.74, 6) is 0.308. The number of aryl methyl sites for hydroxylation is 1. The van der Waals surface area contributed by atoms with E-state index in [1.165, 1.54) is 30.6 Å². The van der Waals surface area contributed by atoms with Gasteiger partial charge >= 0.3 is 0 Å². The molecule has 2 fully saturated rings. The third-order valence-electron chi connectivity index (χ3n) is 7.08. The highest BCUT2D eigenvalue weighted by molar-refractivity contribution is 7.17. The molecule has 8 nitrogen and oxygen atoms in total. The minimum atomic E-state index is -1.04. The Balaban J connectivity index is 1.65. The number of aromatic nitrogens is 2. The third kappa shape index (κ3) is 6.42. The van der Waals surface area contributed by atoms with Crippen LogP contribution in [0, 0.1) is 6.92 Å². The number of piperidine rings is 1. The average molecular weight is 514 g/mol. The van der Waals surface area contributed by atoms with Crippen LogP contribution in [0.2, 0.25) is 0 Å². The van der Waals surface area contributed by atoms with Gasteiger partial charge in [-0.2, -0.15) is 0 Å². The molecule has 4 rings (SSSR count). The van der Waals surface area contributed by atoms with Crippen molar-refractivity contribution in [3.8, 4) is 10.4 Å². The Labute approximate surface area is 217 Å². The predicted octanol–water partition coefficient (Wildman–Crippen LogP) is 4.77. The van der Waals surface area contributed by atoms with Crippen molar-refractivity contribution in [3.05, 3.63) is 28.5 Å². The van der Waals surface area contributed by atoms with Crippen LogP contribution in [0.3, 0.4) is 0 Å². The zero-order valence-electron chi connectivity index (χ0n) is 21.9. The lowest BCUT2D eigenvalue weighted by atomic mass is 9.95. The summed E-state index contributed by atoms with van der Waals surface area (Å²) in [5.41, 5.74) is 1.06. The summed E-state index contributed by atoms with van der Waals surface area (Å²) >= 11 is 1.21. The van der Waals surface area contributed by atoms with Crippen molar-refractivity contribution < 1.29 is 14.7 Å². The van der Waals surface area contributed by atoms with Crippen LogP contribution >= 0.6 is 11.3 Å². The number of rotatable bonds is 7. The highest BCUT2D eigenvalue weighted by Crippen LogP contribution is 2.35. The summed E-state index contributed by atoms with van der Waals surface area (Å²) in [4.78, 5) is 38.3. The van der Waals surface area contributed by atoms with Gasteiger partial charge in [0.15, 0.2) is 5.01 Å². The van der Waals surface area contributed by atoms with E-state index in [0.717, 1.165) is 49.0 Å². The van der Waals surface area contributed by atoms with Gasteiger partial charge in [-0.25, -0.2) is 9.97 Å². The Kier molecular flexibility index (Phi) is 8.30. The minimum absolute atomic E-state index is 0.0926. The molecule has 2 aromatic rings. The summed E-state index contributed by atoms with van der Waals surface area (Å²) in [6.45, 7) is 8.12. The SMILES string of the molecule is Cc1cc(NC2CCCCC2)ncc1-c1sc(C(=O)NCC(C)(C)O)nc1C(=O)N1CCCC[C@@H]1C. The van der Waals surface area contributed by atoms with Crippen LogP contribution in [0.25, 0.3) is 10.4 Å². The topological polar surface area (TPSA) is 107 Å². The number of aliphatic hydroxyl groups is 1. The van der Waals surface area contributed by atoms with E-state index in [-0.39, 0.29) is 23.5 Å². The number of likely N-dealkylation sites (tertiary alicyclic amines) is 1. The molecule has 3 heterocycles. The quantitative estimate of drug-likeness (QED) is 0.492. The highest BCUT2D eigenvalue weighted by atomic mass is 32.1. The maximum atomic E-state index is 13.7. The van der Waals surface area contributed by atoms with Gasteiger partial charge in [-0.15, -0.1) is 11.3 Å². The zero-order valence-corrected chi connectivity index (χ0v) is 22.7. The van der Waals surface area contributed by atoms with Crippen molar-refractivity contribution in [2.75, 3.05) is 18.4 Å². The molecule has 9 heteroatoms. The first-order chi connectivity index (χ1) is 17.1. The monoisotopic (exact) mass is 513 g/mol. The van der Waals surface area contributed by atoms with E-state index in [9.17, 15) is 14.7 Å². The maximum Gasteiger partial charge on any atom is 0.280 e. The van der Waals surface area contributed by atoms with Gasteiger partial charge in [0.25, 0.3) is 11.8 Å². The molecule has 2 amide bonds. The van der Waals surface area contributed by atoms with Crippen LogP contribution in [-0.2, 0) is 0 Å². The maximum absolute atomic E-state index is 13.7. The second-order valence-corrected chi connectivity index (χ2v) is 11.9. The molecule has 2 aromatic heterocycles. The van der Waals surface area contributed by atoms with Gasteiger partial charge in [-0.05, 0) is 71.4 Å². The highest BCUT2D eigenvalue weighted by Gasteiger charge is 2.31. The zero-order chi connectivity index (χ0) is 25.9. The molecule has 3 N–H and O–H groups in total. The fourth-order valence-electron chi connectivity index (χ4n) is 4.98. The van der Waals surface area contributed by atoms with Crippen molar-refractivity contribution in [1.29, 1.82) is 0 Å². The fraction of sp³-hybridized carbons (Fsp3) is 0.630. The molecule has 1 saturated carbocycles. The lowest BCUT2D eigenvalue weighted by Crippen LogP contribution is -2.42. The van der Waals surface area contributed by atoms with Crippen LogP contribution in [0.5, 0.6) is 0 Å². The number of pyridine rings is 1. The summed E-state index contributed by atoms with van der Waals surface area (Å²) < 4.78 is 0. The van der Waals surface area contributed by atoms with E-state index in [0.29, 0.717) is 23.2 Å². The van der Waals surface area contributed by atoms with Crippen LogP contribution in [0.15, 0.2) is 12.3 Å². The molecule has 0 bridgehead atoms. The smallest absolute Gasteiger partial charge is 0.280 e. The van der Waals surface area contributed by atoms with Crippen molar-refractivity contribution in [1.82, 2.24) is 20.2 Å². The number of carbonyl (C=O) groups excluding carboxylic acids is 2. The van der Waals surface area contributed by atoms with Crippen molar-refractivity contribution in [3.63, 3.8) is 0 Å². The van der Waals surface area contributed by atoms with E-state index < -0.39 is 11.5 Å². The molecule has 1 aliphatic heterocycles. The number of thiazole rings is 1. The standard InChI is InChI=1S/C27H39N5O3S/c1-17-14-21(30-19-11-6-5-7-12-19)28-15-20(17)23-22(26(34)32-13-9-8-10-18(32)2)31-25(36-23)24(33)29-16-27(3,4)35/h14-15,18-19,35H,5-13,16H2,1-4H3,(H,28,30)(H,29,33)/t18-/m0/s1. The van der Waals surface area contributed by atoms with E-state index >= 15 is 0 Å². The number of amides is 2. The summed E-state index contributed by atoms with van der Waals surface area (Å²) in [6.07, 6.45) is 10.9. The summed E-state index contributed by atoms with van der Waals surface area (Å²) in [6, 6.07) is 2.60. The molecule has 1 saturated heterocycles. The van der Waals surface area contributed by atoms with Crippen LogP contribution in [-0.4, -0.2) is 62.6 Å².